The van der Waals surface area contributed by atoms with E-state index in [0.717, 1.165) is 48.5 Å². The maximum Gasteiger partial charge on any atom is 0.315 e. The van der Waals surface area contributed by atoms with Crippen molar-refractivity contribution in [2.45, 2.75) is 38.3 Å². The van der Waals surface area contributed by atoms with Crippen LogP contribution in [-0.4, -0.2) is 57.2 Å². The highest BCUT2D eigenvalue weighted by Gasteiger charge is 2.56. The Labute approximate surface area is 195 Å². The van der Waals surface area contributed by atoms with E-state index in [9.17, 15) is 4.79 Å². The largest absolute Gasteiger partial charge is 0.471 e. The first kappa shape index (κ1) is 21.9. The Bertz CT molecular complexity index is 1030. The van der Waals surface area contributed by atoms with Gasteiger partial charge in [-0.2, -0.15) is 0 Å². The van der Waals surface area contributed by atoms with Gasteiger partial charge in [-0.3, -0.25) is 9.69 Å². The molecule has 1 fully saturated rings. The Kier molecular flexibility index (Phi) is 5.60. The summed E-state index contributed by atoms with van der Waals surface area (Å²) in [4.78, 5) is 17.9. The zero-order chi connectivity index (χ0) is 23.2. The smallest absolute Gasteiger partial charge is 0.315 e. The van der Waals surface area contributed by atoms with Crippen LogP contribution < -0.4 is 19.1 Å². The SMILES string of the molecule is CCOC(=O)C1C(c2ccc(N(C)C)cc2)c2cc3c(cc2OC1(C)N1CCCC1)OCO3. The Morgan fingerprint density at radius 1 is 1.09 bits per heavy atom. The van der Waals surface area contributed by atoms with E-state index in [1.807, 2.05) is 40.1 Å². The van der Waals surface area contributed by atoms with Crippen LogP contribution in [0.4, 0.5) is 5.69 Å². The lowest BCUT2D eigenvalue weighted by atomic mass is 9.72. The lowest BCUT2D eigenvalue weighted by Crippen LogP contribution is -2.61. The van der Waals surface area contributed by atoms with Crippen LogP contribution >= 0.6 is 0 Å². The fraction of sp³-hybridized carbons (Fsp3) is 0.500. The lowest BCUT2D eigenvalue weighted by Gasteiger charge is -2.49. The van der Waals surface area contributed by atoms with Crippen molar-refractivity contribution in [2.75, 3.05) is 45.5 Å². The van der Waals surface area contributed by atoms with Crippen molar-refractivity contribution in [1.29, 1.82) is 0 Å². The normalized spacial score (nSPS) is 25.9. The molecule has 0 spiro atoms. The van der Waals surface area contributed by atoms with Gasteiger partial charge in [-0.05, 0) is 50.5 Å². The van der Waals surface area contributed by atoms with Gasteiger partial charge in [0.2, 0.25) is 6.79 Å². The molecule has 3 aliphatic rings. The first-order chi connectivity index (χ1) is 15.9. The highest BCUT2D eigenvalue weighted by Crippen LogP contribution is 2.53. The molecule has 7 nitrogen and oxygen atoms in total. The average Bonchev–Trinajstić information content (AvgIpc) is 3.49. The predicted molar refractivity (Wildman–Crippen MR) is 125 cm³/mol. The molecule has 7 heteroatoms. The highest BCUT2D eigenvalue weighted by molar-refractivity contribution is 5.78. The van der Waals surface area contributed by atoms with E-state index in [2.05, 4.69) is 34.1 Å². The minimum absolute atomic E-state index is 0.186. The summed E-state index contributed by atoms with van der Waals surface area (Å²) in [5.41, 5.74) is 2.24. The van der Waals surface area contributed by atoms with E-state index < -0.39 is 11.6 Å². The van der Waals surface area contributed by atoms with Gasteiger partial charge >= 0.3 is 5.97 Å². The predicted octanol–water partition coefficient (Wildman–Crippen LogP) is 4.00. The number of benzene rings is 2. The number of fused-ring (bicyclic) bond motifs is 2. The summed E-state index contributed by atoms with van der Waals surface area (Å²) >= 11 is 0. The van der Waals surface area contributed by atoms with E-state index >= 15 is 0 Å². The molecule has 3 aliphatic heterocycles. The van der Waals surface area contributed by atoms with Gasteiger partial charge in [0.05, 0.1) is 6.61 Å². The number of likely N-dealkylation sites (tertiary alicyclic amines) is 1. The Morgan fingerprint density at radius 3 is 2.39 bits per heavy atom. The minimum atomic E-state index is -0.839. The third-order valence-electron chi connectivity index (χ3n) is 7.11. The molecule has 176 valence electrons. The van der Waals surface area contributed by atoms with Crippen LogP contribution in [0.2, 0.25) is 0 Å². The first-order valence-corrected chi connectivity index (χ1v) is 11.7. The molecule has 0 aromatic heterocycles. The quantitative estimate of drug-likeness (QED) is 0.636. The number of carbonyl (C=O) groups is 1. The van der Waals surface area contributed by atoms with Gasteiger partial charge in [-0.1, -0.05) is 12.1 Å². The minimum Gasteiger partial charge on any atom is -0.471 e. The molecule has 0 N–H and O–H groups in total. The van der Waals surface area contributed by atoms with Crippen LogP contribution in [0.1, 0.15) is 43.7 Å². The zero-order valence-corrected chi connectivity index (χ0v) is 19.8. The van der Waals surface area contributed by atoms with Crippen LogP contribution in [-0.2, 0) is 9.53 Å². The third-order valence-corrected chi connectivity index (χ3v) is 7.11. The fourth-order valence-electron chi connectivity index (χ4n) is 5.41. The topological polar surface area (TPSA) is 60.5 Å². The molecular formula is C26H32N2O5. The summed E-state index contributed by atoms with van der Waals surface area (Å²) < 4.78 is 23.7. The molecule has 2 aromatic carbocycles. The lowest BCUT2D eigenvalue weighted by molar-refractivity contribution is -0.174. The van der Waals surface area contributed by atoms with E-state index in [-0.39, 0.29) is 18.7 Å². The molecule has 0 saturated carbocycles. The number of nitrogens with zero attached hydrogens (tertiary/aromatic N) is 2. The Balaban J connectivity index is 1.69. The van der Waals surface area contributed by atoms with E-state index in [4.69, 9.17) is 18.9 Å². The number of ether oxygens (including phenoxy) is 4. The molecule has 0 aliphatic carbocycles. The maximum atomic E-state index is 13.6. The number of anilines is 1. The van der Waals surface area contributed by atoms with Gasteiger partial charge in [-0.25, -0.2) is 0 Å². The molecule has 5 rings (SSSR count). The number of hydrogen-bond donors (Lipinski definition) is 0. The second kappa shape index (κ2) is 8.45. The van der Waals surface area contributed by atoms with Crippen molar-refractivity contribution in [1.82, 2.24) is 4.90 Å². The summed E-state index contributed by atoms with van der Waals surface area (Å²) in [6, 6.07) is 12.3. The molecule has 1 saturated heterocycles. The van der Waals surface area contributed by atoms with Crippen LogP contribution in [0.3, 0.4) is 0 Å². The standard InChI is InChI=1S/C26H32N2O5/c1-5-30-25(29)24-23(17-8-10-18(11-9-17)27(3)4)19-14-21-22(32-16-31-21)15-20(19)33-26(24,2)28-12-6-7-13-28/h8-11,14-15,23-24H,5-7,12-13,16H2,1-4H3. The van der Waals surface area contributed by atoms with Gasteiger partial charge in [0.15, 0.2) is 17.2 Å². The number of hydrogen-bond acceptors (Lipinski definition) is 7. The summed E-state index contributed by atoms with van der Waals surface area (Å²) in [5, 5.41) is 0. The third kappa shape index (κ3) is 3.68. The van der Waals surface area contributed by atoms with Crippen LogP contribution in [0, 0.1) is 5.92 Å². The maximum absolute atomic E-state index is 13.6. The summed E-state index contributed by atoms with van der Waals surface area (Å²) in [6.07, 6.45) is 2.18. The summed E-state index contributed by atoms with van der Waals surface area (Å²) in [5.74, 6) is 1.07. The second-order valence-electron chi connectivity index (χ2n) is 9.29. The summed E-state index contributed by atoms with van der Waals surface area (Å²) in [6.45, 7) is 6.17. The molecule has 0 bridgehead atoms. The first-order valence-electron chi connectivity index (χ1n) is 11.7. The molecule has 3 heterocycles. The second-order valence-corrected chi connectivity index (χ2v) is 9.29. The van der Waals surface area contributed by atoms with Crippen molar-refractivity contribution in [3.8, 4) is 17.2 Å². The van der Waals surface area contributed by atoms with E-state index in [0.29, 0.717) is 18.1 Å². The van der Waals surface area contributed by atoms with Crippen molar-refractivity contribution < 1.29 is 23.7 Å². The van der Waals surface area contributed by atoms with Crippen LogP contribution in [0.5, 0.6) is 17.2 Å². The van der Waals surface area contributed by atoms with Crippen molar-refractivity contribution in [3.63, 3.8) is 0 Å². The van der Waals surface area contributed by atoms with Crippen molar-refractivity contribution in [3.05, 3.63) is 47.5 Å². The van der Waals surface area contributed by atoms with Crippen LogP contribution in [0.15, 0.2) is 36.4 Å². The molecule has 2 aromatic rings. The van der Waals surface area contributed by atoms with Gasteiger partial charge in [0, 0.05) is 50.4 Å². The molecule has 0 radical (unpaired) electrons. The van der Waals surface area contributed by atoms with Crippen molar-refractivity contribution >= 4 is 11.7 Å². The number of carbonyl (C=O) groups excluding carboxylic acids is 1. The summed E-state index contributed by atoms with van der Waals surface area (Å²) in [7, 11) is 4.04. The van der Waals surface area contributed by atoms with Gasteiger partial charge in [0.1, 0.15) is 11.7 Å². The van der Waals surface area contributed by atoms with E-state index in [1.54, 1.807) is 0 Å². The molecule has 3 atom stereocenters. The Morgan fingerprint density at radius 2 is 1.76 bits per heavy atom. The molecule has 33 heavy (non-hydrogen) atoms. The van der Waals surface area contributed by atoms with Gasteiger partial charge in [0.25, 0.3) is 0 Å². The zero-order valence-electron chi connectivity index (χ0n) is 19.8. The Hall–Kier alpha value is -2.93. The van der Waals surface area contributed by atoms with Crippen LogP contribution in [0.25, 0.3) is 0 Å². The van der Waals surface area contributed by atoms with Gasteiger partial charge < -0.3 is 23.8 Å². The molecule has 3 unspecified atom stereocenters. The highest BCUT2D eigenvalue weighted by atomic mass is 16.7. The van der Waals surface area contributed by atoms with Crippen molar-refractivity contribution in [2.24, 2.45) is 5.92 Å². The number of esters is 1. The monoisotopic (exact) mass is 452 g/mol. The molecular weight excluding hydrogens is 420 g/mol. The number of rotatable bonds is 5. The fourth-order valence-corrected chi connectivity index (χ4v) is 5.41. The van der Waals surface area contributed by atoms with E-state index in [1.165, 1.54) is 0 Å². The molecule has 0 amide bonds. The average molecular weight is 453 g/mol. The van der Waals surface area contributed by atoms with Gasteiger partial charge in [-0.15, -0.1) is 0 Å².